The third-order valence-electron chi connectivity index (χ3n) is 3.79. The third-order valence-corrected chi connectivity index (χ3v) is 3.79. The second kappa shape index (κ2) is 8.14. The average Bonchev–Trinajstić information content (AvgIpc) is 2.52. The van der Waals surface area contributed by atoms with Crippen LogP contribution in [0.3, 0.4) is 0 Å². The number of piperidine rings is 1. The number of hydrogen-bond donors (Lipinski definition) is 2. The molecule has 0 aromatic carbocycles. The molecule has 1 aromatic heterocycles. The van der Waals surface area contributed by atoms with E-state index in [9.17, 15) is 0 Å². The predicted octanol–water partition coefficient (Wildman–Crippen LogP) is 1.58. The minimum absolute atomic E-state index is 0.0949. The van der Waals surface area contributed by atoms with E-state index >= 15 is 0 Å². The van der Waals surface area contributed by atoms with Crippen molar-refractivity contribution in [2.45, 2.75) is 39.2 Å². The van der Waals surface area contributed by atoms with Crippen LogP contribution in [0.2, 0.25) is 0 Å². The van der Waals surface area contributed by atoms with Gasteiger partial charge >= 0.3 is 0 Å². The molecule has 1 fully saturated rings. The molecular weight excluding hydrogens is 268 g/mol. The number of ether oxygens (including phenoxy) is 1. The number of aliphatic hydroxyl groups is 1. The van der Waals surface area contributed by atoms with E-state index in [1.54, 1.807) is 6.33 Å². The Labute approximate surface area is 126 Å². The van der Waals surface area contributed by atoms with Crippen molar-refractivity contribution in [3.05, 3.63) is 11.9 Å². The van der Waals surface area contributed by atoms with Crippen LogP contribution in [-0.2, 0) is 4.74 Å². The van der Waals surface area contributed by atoms with E-state index in [1.165, 1.54) is 0 Å². The lowest BCUT2D eigenvalue weighted by Crippen LogP contribution is -2.38. The highest BCUT2D eigenvalue weighted by Crippen LogP contribution is 2.25. The maximum atomic E-state index is 8.81. The molecule has 2 rings (SSSR count). The molecule has 2 N–H and O–H groups in total. The van der Waals surface area contributed by atoms with E-state index in [0.29, 0.717) is 6.61 Å². The van der Waals surface area contributed by atoms with Gasteiger partial charge in [0, 0.05) is 25.2 Å². The summed E-state index contributed by atoms with van der Waals surface area (Å²) in [6.45, 7) is 7.53. The van der Waals surface area contributed by atoms with Crippen molar-refractivity contribution in [1.29, 1.82) is 0 Å². The lowest BCUT2D eigenvalue weighted by atomic mass is 10.1. The fraction of sp³-hybridized carbons (Fsp3) is 0.733. The molecular formula is C15H26N4O2. The first-order chi connectivity index (χ1) is 10.3. The first-order valence-electron chi connectivity index (χ1n) is 7.79. The van der Waals surface area contributed by atoms with Gasteiger partial charge < -0.3 is 20.1 Å². The summed E-state index contributed by atoms with van der Waals surface area (Å²) >= 11 is 0. The third kappa shape index (κ3) is 4.28. The first-order valence-corrected chi connectivity index (χ1v) is 7.79. The number of anilines is 2. The predicted molar refractivity (Wildman–Crippen MR) is 83.8 cm³/mol. The molecule has 0 amide bonds. The molecule has 2 heterocycles. The summed E-state index contributed by atoms with van der Waals surface area (Å²) in [5.41, 5.74) is 1.11. The zero-order valence-corrected chi connectivity index (χ0v) is 13.0. The Kier molecular flexibility index (Phi) is 6.20. The molecule has 1 saturated heterocycles. The van der Waals surface area contributed by atoms with E-state index in [4.69, 9.17) is 9.84 Å². The molecule has 0 saturated carbocycles. The maximum absolute atomic E-state index is 8.81. The molecule has 6 nitrogen and oxygen atoms in total. The smallest absolute Gasteiger partial charge is 0.137 e. The van der Waals surface area contributed by atoms with Gasteiger partial charge in [-0.1, -0.05) is 6.92 Å². The maximum Gasteiger partial charge on any atom is 0.137 e. The second-order valence-corrected chi connectivity index (χ2v) is 5.38. The minimum atomic E-state index is 0.0949. The summed E-state index contributed by atoms with van der Waals surface area (Å²) in [5, 5.41) is 12.2. The van der Waals surface area contributed by atoms with Crippen molar-refractivity contribution in [1.82, 2.24) is 9.97 Å². The van der Waals surface area contributed by atoms with E-state index in [2.05, 4.69) is 34.0 Å². The van der Waals surface area contributed by atoms with Crippen LogP contribution < -0.4 is 10.2 Å². The topological polar surface area (TPSA) is 70.5 Å². The Hall–Kier alpha value is -1.40. The lowest BCUT2D eigenvalue weighted by Gasteiger charge is -2.33. The summed E-state index contributed by atoms with van der Waals surface area (Å²) < 4.78 is 5.60. The highest BCUT2D eigenvalue weighted by atomic mass is 16.5. The van der Waals surface area contributed by atoms with Gasteiger partial charge in [0.05, 0.1) is 19.3 Å². The van der Waals surface area contributed by atoms with Crippen molar-refractivity contribution >= 4 is 11.6 Å². The van der Waals surface area contributed by atoms with E-state index in [0.717, 1.165) is 56.1 Å². The Morgan fingerprint density at radius 1 is 1.38 bits per heavy atom. The van der Waals surface area contributed by atoms with Crippen LogP contribution in [0.4, 0.5) is 11.6 Å². The Morgan fingerprint density at radius 2 is 2.14 bits per heavy atom. The monoisotopic (exact) mass is 294 g/mol. The van der Waals surface area contributed by atoms with Gasteiger partial charge in [-0.05, 0) is 26.2 Å². The van der Waals surface area contributed by atoms with E-state index < -0.39 is 0 Å². The molecule has 0 spiro atoms. The Bertz CT molecular complexity index is 434. The number of nitrogens with one attached hydrogen (secondary N) is 1. The molecule has 0 radical (unpaired) electrons. The number of aliphatic hydroxyl groups excluding tert-OH is 1. The molecule has 0 aliphatic carbocycles. The van der Waals surface area contributed by atoms with Crippen molar-refractivity contribution in [2.24, 2.45) is 0 Å². The van der Waals surface area contributed by atoms with Crippen LogP contribution in [0.25, 0.3) is 0 Å². The van der Waals surface area contributed by atoms with Crippen LogP contribution >= 0.6 is 0 Å². The molecule has 6 heteroatoms. The summed E-state index contributed by atoms with van der Waals surface area (Å²) in [5.74, 6) is 1.95. The Morgan fingerprint density at radius 3 is 2.81 bits per heavy atom. The van der Waals surface area contributed by atoms with E-state index in [1.807, 2.05) is 0 Å². The fourth-order valence-electron chi connectivity index (χ4n) is 2.63. The number of hydrogen-bond acceptors (Lipinski definition) is 6. The van der Waals surface area contributed by atoms with Crippen LogP contribution in [0.1, 0.15) is 31.7 Å². The molecule has 1 aromatic rings. The fourth-order valence-corrected chi connectivity index (χ4v) is 2.63. The highest BCUT2D eigenvalue weighted by Gasteiger charge is 2.22. The molecule has 1 aliphatic rings. The van der Waals surface area contributed by atoms with Gasteiger partial charge in [-0.25, -0.2) is 9.97 Å². The molecule has 118 valence electrons. The van der Waals surface area contributed by atoms with Crippen LogP contribution in [0, 0.1) is 6.92 Å². The summed E-state index contributed by atoms with van der Waals surface area (Å²) in [6.07, 6.45) is 4.91. The van der Waals surface area contributed by atoms with Crippen molar-refractivity contribution in [3.63, 3.8) is 0 Å². The average molecular weight is 294 g/mol. The van der Waals surface area contributed by atoms with Gasteiger partial charge in [-0.3, -0.25) is 0 Å². The van der Waals surface area contributed by atoms with Crippen molar-refractivity contribution < 1.29 is 9.84 Å². The zero-order chi connectivity index (χ0) is 15.1. The first kappa shape index (κ1) is 16.0. The molecule has 21 heavy (non-hydrogen) atoms. The van der Waals surface area contributed by atoms with Crippen LogP contribution in [-0.4, -0.2) is 54.0 Å². The van der Waals surface area contributed by atoms with Gasteiger partial charge in [0.2, 0.25) is 0 Å². The largest absolute Gasteiger partial charge is 0.394 e. The van der Waals surface area contributed by atoms with Gasteiger partial charge in [0.25, 0.3) is 0 Å². The summed E-state index contributed by atoms with van der Waals surface area (Å²) in [6, 6.07) is 0. The van der Waals surface area contributed by atoms with Gasteiger partial charge in [0.1, 0.15) is 18.0 Å². The van der Waals surface area contributed by atoms with Gasteiger partial charge in [-0.2, -0.15) is 0 Å². The Balaban J connectivity index is 1.96. The van der Waals surface area contributed by atoms with E-state index in [-0.39, 0.29) is 12.7 Å². The second-order valence-electron chi connectivity index (χ2n) is 5.38. The number of rotatable bonds is 7. The molecule has 1 aliphatic heterocycles. The minimum Gasteiger partial charge on any atom is -0.394 e. The van der Waals surface area contributed by atoms with Crippen LogP contribution in [0.5, 0.6) is 0 Å². The SMILES string of the molecule is CCCNc1ncnc(N2CCC(OCCO)CC2)c1C. The lowest BCUT2D eigenvalue weighted by molar-refractivity contribution is 0.0158. The normalized spacial score (nSPS) is 16.2. The molecule has 0 atom stereocenters. The number of nitrogens with zero attached hydrogens (tertiary/aromatic N) is 3. The standard InChI is InChI=1S/C15H26N4O2/c1-3-6-16-14-12(2)15(18-11-17-14)19-7-4-13(5-8-19)21-10-9-20/h11,13,20H,3-10H2,1-2H3,(H,16,17,18). The molecule has 0 unspecified atom stereocenters. The van der Waals surface area contributed by atoms with Gasteiger partial charge in [0.15, 0.2) is 0 Å². The van der Waals surface area contributed by atoms with Gasteiger partial charge in [-0.15, -0.1) is 0 Å². The highest BCUT2D eigenvalue weighted by molar-refractivity contribution is 5.58. The molecule has 0 bridgehead atoms. The van der Waals surface area contributed by atoms with Crippen LogP contribution in [0.15, 0.2) is 6.33 Å². The quantitative estimate of drug-likeness (QED) is 0.796. The summed E-state index contributed by atoms with van der Waals surface area (Å²) in [4.78, 5) is 11.1. The van der Waals surface area contributed by atoms with Crippen molar-refractivity contribution in [2.75, 3.05) is 43.1 Å². The number of aromatic nitrogens is 2. The van der Waals surface area contributed by atoms with Crippen molar-refractivity contribution in [3.8, 4) is 0 Å². The summed E-state index contributed by atoms with van der Waals surface area (Å²) in [7, 11) is 0. The zero-order valence-electron chi connectivity index (χ0n) is 13.0.